The van der Waals surface area contributed by atoms with E-state index in [1.54, 1.807) is 13.8 Å². The largest absolute Gasteiger partial charge is 0.478 e. The topological polar surface area (TPSA) is 104 Å². The smallest absolute Gasteiger partial charge is 0.335 e. The van der Waals surface area contributed by atoms with E-state index >= 15 is 0 Å². The lowest BCUT2D eigenvalue weighted by molar-refractivity contribution is 0.0696. The molecule has 0 spiro atoms. The van der Waals surface area contributed by atoms with Gasteiger partial charge in [0.2, 0.25) is 10.0 Å². The monoisotopic (exact) mass is 444 g/mol. The fourth-order valence-corrected chi connectivity index (χ4v) is 4.79. The van der Waals surface area contributed by atoms with E-state index in [-0.39, 0.29) is 39.2 Å². The molecule has 0 aromatic heterocycles. The van der Waals surface area contributed by atoms with Crippen molar-refractivity contribution in [2.45, 2.75) is 18.7 Å². The van der Waals surface area contributed by atoms with Crippen LogP contribution in [0.1, 0.15) is 34.6 Å². The number of hydrogen-bond donors (Lipinski definition) is 2. The molecule has 0 fully saturated rings. The Hall–Kier alpha value is -2.13. The Morgan fingerprint density at radius 1 is 1.04 bits per heavy atom. The van der Waals surface area contributed by atoms with E-state index in [0.717, 1.165) is 6.07 Å². The second-order valence-corrected chi connectivity index (χ2v) is 8.41. The summed E-state index contributed by atoms with van der Waals surface area (Å²) in [4.78, 5) is 23.3. The first kappa shape index (κ1) is 22.2. The third-order valence-corrected chi connectivity index (χ3v) is 6.81. The fourth-order valence-electron chi connectivity index (χ4n) is 2.50. The van der Waals surface area contributed by atoms with Crippen LogP contribution in [0.2, 0.25) is 10.0 Å². The summed E-state index contributed by atoms with van der Waals surface area (Å²) >= 11 is 12.2. The van der Waals surface area contributed by atoms with Gasteiger partial charge in [0.25, 0.3) is 5.91 Å². The normalized spacial score (nSPS) is 11.5. The molecule has 150 valence electrons. The van der Waals surface area contributed by atoms with E-state index < -0.39 is 21.9 Å². The van der Waals surface area contributed by atoms with E-state index in [1.807, 2.05) is 0 Å². The maximum absolute atomic E-state index is 12.8. The summed E-state index contributed by atoms with van der Waals surface area (Å²) in [7, 11) is -3.90. The summed E-state index contributed by atoms with van der Waals surface area (Å²) in [6, 6.07) is 7.84. The summed E-state index contributed by atoms with van der Waals surface area (Å²) in [6.45, 7) is 3.88. The second kappa shape index (κ2) is 8.91. The minimum Gasteiger partial charge on any atom is -0.478 e. The molecule has 0 saturated carbocycles. The first-order chi connectivity index (χ1) is 13.1. The van der Waals surface area contributed by atoms with Gasteiger partial charge in [0.1, 0.15) is 4.90 Å². The molecule has 0 aliphatic carbocycles. The summed E-state index contributed by atoms with van der Waals surface area (Å²) < 4.78 is 26.8. The second-order valence-electron chi connectivity index (χ2n) is 5.69. The molecule has 0 aliphatic rings. The summed E-state index contributed by atoms with van der Waals surface area (Å²) in [6.07, 6.45) is 0. The Morgan fingerprint density at radius 3 is 2.11 bits per heavy atom. The van der Waals surface area contributed by atoms with E-state index in [2.05, 4.69) is 5.32 Å². The van der Waals surface area contributed by atoms with E-state index in [4.69, 9.17) is 28.3 Å². The van der Waals surface area contributed by atoms with Crippen molar-refractivity contribution in [3.8, 4) is 0 Å². The molecule has 1 amide bonds. The van der Waals surface area contributed by atoms with Crippen LogP contribution in [0.4, 0.5) is 5.69 Å². The van der Waals surface area contributed by atoms with Gasteiger partial charge in [-0.1, -0.05) is 37.0 Å². The van der Waals surface area contributed by atoms with E-state index in [0.29, 0.717) is 5.69 Å². The summed E-state index contributed by atoms with van der Waals surface area (Å²) in [5, 5.41) is 11.4. The number of sulfonamides is 1. The van der Waals surface area contributed by atoms with Crippen molar-refractivity contribution in [2.24, 2.45) is 0 Å². The Bertz CT molecular complexity index is 1000. The van der Waals surface area contributed by atoms with Crippen molar-refractivity contribution >= 4 is 50.8 Å². The van der Waals surface area contributed by atoms with Crippen molar-refractivity contribution in [2.75, 3.05) is 18.4 Å². The minimum atomic E-state index is -3.90. The third kappa shape index (κ3) is 4.64. The van der Waals surface area contributed by atoms with Gasteiger partial charge in [0.15, 0.2) is 0 Å². The van der Waals surface area contributed by atoms with Crippen molar-refractivity contribution in [1.82, 2.24) is 4.31 Å². The number of rotatable bonds is 7. The number of carboxylic acids is 1. The number of benzene rings is 2. The molecule has 2 aromatic rings. The first-order valence-electron chi connectivity index (χ1n) is 8.25. The van der Waals surface area contributed by atoms with Gasteiger partial charge in [-0.2, -0.15) is 4.31 Å². The number of carbonyl (C=O) groups is 2. The zero-order valence-electron chi connectivity index (χ0n) is 15.1. The number of amides is 1. The van der Waals surface area contributed by atoms with Crippen LogP contribution in [0.3, 0.4) is 0 Å². The number of anilines is 1. The molecule has 0 atom stereocenters. The molecule has 7 nitrogen and oxygen atoms in total. The average Bonchev–Trinajstić information content (AvgIpc) is 2.62. The van der Waals surface area contributed by atoms with Crippen LogP contribution in [0.15, 0.2) is 41.3 Å². The molecule has 0 radical (unpaired) electrons. The number of aromatic carboxylic acids is 1. The first-order valence-corrected chi connectivity index (χ1v) is 10.4. The highest BCUT2D eigenvalue weighted by atomic mass is 35.5. The van der Waals surface area contributed by atoms with Crippen molar-refractivity contribution in [3.63, 3.8) is 0 Å². The number of nitrogens with one attached hydrogen (secondary N) is 1. The summed E-state index contributed by atoms with van der Waals surface area (Å²) in [5.74, 6) is -1.74. The minimum absolute atomic E-state index is 0.0110. The van der Waals surface area contributed by atoms with Crippen molar-refractivity contribution < 1.29 is 23.1 Å². The van der Waals surface area contributed by atoms with Gasteiger partial charge in [-0.05, 0) is 36.4 Å². The quantitative estimate of drug-likeness (QED) is 0.671. The maximum Gasteiger partial charge on any atom is 0.335 e. The van der Waals surface area contributed by atoms with Gasteiger partial charge in [-0.3, -0.25) is 4.79 Å². The van der Waals surface area contributed by atoms with Gasteiger partial charge < -0.3 is 10.4 Å². The Kier molecular flexibility index (Phi) is 7.06. The Labute approximate surface area is 172 Å². The van der Waals surface area contributed by atoms with Gasteiger partial charge in [-0.15, -0.1) is 0 Å². The van der Waals surface area contributed by atoms with Crippen molar-refractivity contribution in [1.29, 1.82) is 0 Å². The fraction of sp³-hybridized carbons (Fsp3) is 0.222. The standard InChI is InChI=1S/C18H18Cl2N2O5S/c1-3-22(4-2)28(26,27)16-9-13(14(19)10-15(16)20)17(23)21-12-7-5-11(6-8-12)18(24)25/h5-10H,3-4H2,1-2H3,(H,21,23)(H,24,25). The molecule has 0 heterocycles. The highest BCUT2D eigenvalue weighted by molar-refractivity contribution is 7.89. The molecule has 0 unspecified atom stereocenters. The molecular formula is C18H18Cl2N2O5S. The highest BCUT2D eigenvalue weighted by Gasteiger charge is 2.27. The Morgan fingerprint density at radius 2 is 1.61 bits per heavy atom. The Balaban J connectivity index is 2.40. The maximum atomic E-state index is 12.8. The molecule has 2 rings (SSSR count). The number of halogens is 2. The molecule has 28 heavy (non-hydrogen) atoms. The lowest BCUT2D eigenvalue weighted by Crippen LogP contribution is -2.31. The predicted molar refractivity (Wildman–Crippen MR) is 108 cm³/mol. The van der Waals surface area contributed by atoms with Gasteiger partial charge in [-0.25, -0.2) is 13.2 Å². The van der Waals surface area contributed by atoms with Gasteiger partial charge in [0, 0.05) is 18.8 Å². The molecular weight excluding hydrogens is 427 g/mol. The lowest BCUT2D eigenvalue weighted by Gasteiger charge is -2.20. The highest BCUT2D eigenvalue weighted by Crippen LogP contribution is 2.31. The summed E-state index contributed by atoms with van der Waals surface area (Å²) in [5.41, 5.74) is 0.323. The van der Waals surface area contributed by atoms with Crippen LogP contribution >= 0.6 is 23.2 Å². The molecule has 10 heteroatoms. The van der Waals surface area contributed by atoms with Crippen LogP contribution < -0.4 is 5.32 Å². The van der Waals surface area contributed by atoms with Crippen molar-refractivity contribution in [3.05, 3.63) is 57.6 Å². The van der Waals surface area contributed by atoms with Crippen LogP contribution in [0, 0.1) is 0 Å². The molecule has 0 bridgehead atoms. The van der Waals surface area contributed by atoms with Gasteiger partial charge in [0.05, 0.1) is 21.2 Å². The van der Waals surface area contributed by atoms with Crippen LogP contribution in [0.5, 0.6) is 0 Å². The number of nitrogens with zero attached hydrogens (tertiary/aromatic N) is 1. The molecule has 0 aliphatic heterocycles. The zero-order chi connectivity index (χ0) is 21.1. The van der Waals surface area contributed by atoms with Crippen LogP contribution in [-0.4, -0.2) is 42.8 Å². The number of carbonyl (C=O) groups excluding carboxylic acids is 1. The van der Waals surface area contributed by atoms with Crippen LogP contribution in [0.25, 0.3) is 0 Å². The third-order valence-electron chi connectivity index (χ3n) is 3.98. The SMILES string of the molecule is CCN(CC)S(=O)(=O)c1cc(C(=O)Nc2ccc(C(=O)O)cc2)c(Cl)cc1Cl. The van der Waals surface area contributed by atoms with Gasteiger partial charge >= 0.3 is 5.97 Å². The number of hydrogen-bond acceptors (Lipinski definition) is 4. The molecule has 0 saturated heterocycles. The molecule has 2 N–H and O–H groups in total. The van der Waals surface area contributed by atoms with E-state index in [9.17, 15) is 18.0 Å². The number of carboxylic acid groups (broad SMARTS) is 1. The van der Waals surface area contributed by atoms with Crippen LogP contribution in [-0.2, 0) is 10.0 Å². The zero-order valence-corrected chi connectivity index (χ0v) is 17.4. The van der Waals surface area contributed by atoms with E-state index in [1.165, 1.54) is 34.6 Å². The predicted octanol–water partition coefficient (Wildman–Crippen LogP) is 3.97. The average molecular weight is 445 g/mol. The lowest BCUT2D eigenvalue weighted by atomic mass is 10.2. The molecule has 2 aromatic carbocycles.